The third-order valence-electron chi connectivity index (χ3n) is 3.90. The van der Waals surface area contributed by atoms with Crippen LogP contribution in [0.1, 0.15) is 34.5 Å². The number of hydrogen-bond donors (Lipinski definition) is 1. The van der Waals surface area contributed by atoms with Crippen LogP contribution in [0.2, 0.25) is 0 Å². The second-order valence-electron chi connectivity index (χ2n) is 6.13. The van der Waals surface area contributed by atoms with Gasteiger partial charge in [-0.3, -0.25) is 0 Å². The Morgan fingerprint density at radius 3 is 2.04 bits per heavy atom. The highest BCUT2D eigenvalue weighted by Crippen LogP contribution is 2.18. The molecule has 0 aliphatic heterocycles. The highest BCUT2D eigenvalue weighted by atomic mass is 32.2. The third-order valence-corrected chi connectivity index (χ3v) is 6.45. The van der Waals surface area contributed by atoms with Crippen LogP contribution in [0, 0.1) is 0 Å². The van der Waals surface area contributed by atoms with E-state index in [1.54, 1.807) is 31.2 Å². The average molecular weight is 412 g/mol. The summed E-state index contributed by atoms with van der Waals surface area (Å²) in [6.45, 7) is 1.67. The maximum Gasteiger partial charge on any atom is 0.337 e. The lowest BCUT2D eigenvalue weighted by Crippen LogP contribution is -2.28. The maximum absolute atomic E-state index is 12.4. The predicted octanol–water partition coefficient (Wildman–Crippen LogP) is 2.06. The van der Waals surface area contributed by atoms with Gasteiger partial charge in [-0.1, -0.05) is 24.3 Å². The van der Waals surface area contributed by atoms with E-state index in [0.717, 1.165) is 6.26 Å². The normalized spacial score (nSPS) is 13.1. The van der Waals surface area contributed by atoms with Crippen LogP contribution in [0.3, 0.4) is 0 Å². The molecule has 0 spiro atoms. The quantitative estimate of drug-likeness (QED) is 0.699. The largest absolute Gasteiger partial charge is 0.465 e. The molecule has 1 atom stereocenters. The van der Waals surface area contributed by atoms with E-state index >= 15 is 0 Å². The number of ether oxygens (including phenoxy) is 1. The summed E-state index contributed by atoms with van der Waals surface area (Å²) in [7, 11) is -5.68. The lowest BCUT2D eigenvalue weighted by atomic mass is 10.1. The van der Waals surface area contributed by atoms with E-state index in [-0.39, 0.29) is 10.6 Å². The number of benzene rings is 2. The number of esters is 1. The molecule has 27 heavy (non-hydrogen) atoms. The molecule has 0 unspecified atom stereocenters. The summed E-state index contributed by atoms with van der Waals surface area (Å²) >= 11 is 0. The second-order valence-corrected chi connectivity index (χ2v) is 9.90. The Labute approximate surface area is 159 Å². The zero-order valence-corrected chi connectivity index (χ0v) is 16.8. The molecule has 0 radical (unpaired) electrons. The monoisotopic (exact) mass is 411 g/mol. The third kappa shape index (κ3) is 5.88. The van der Waals surface area contributed by atoms with Crippen molar-refractivity contribution in [3.63, 3.8) is 0 Å². The van der Waals surface area contributed by atoms with Gasteiger partial charge < -0.3 is 4.74 Å². The number of sulfone groups is 1. The van der Waals surface area contributed by atoms with Crippen LogP contribution in [0.4, 0.5) is 0 Å². The number of methoxy groups -OCH3 is 1. The van der Waals surface area contributed by atoms with E-state index in [4.69, 9.17) is 0 Å². The SMILES string of the molecule is COC(=O)c1ccc(CS(=O)(=O)N[C@@H](C)c2ccc(S(C)(=O)=O)cc2)cc1. The Morgan fingerprint density at radius 2 is 1.56 bits per heavy atom. The van der Waals surface area contributed by atoms with Crippen molar-refractivity contribution in [2.24, 2.45) is 0 Å². The summed E-state index contributed by atoms with van der Waals surface area (Å²) in [6, 6.07) is 11.6. The van der Waals surface area contributed by atoms with Gasteiger partial charge in [0.05, 0.1) is 23.3 Å². The van der Waals surface area contributed by atoms with Crippen molar-refractivity contribution in [2.75, 3.05) is 13.4 Å². The molecule has 1 N–H and O–H groups in total. The molecule has 7 nitrogen and oxygen atoms in total. The van der Waals surface area contributed by atoms with Crippen molar-refractivity contribution >= 4 is 25.8 Å². The van der Waals surface area contributed by atoms with Crippen LogP contribution in [0.15, 0.2) is 53.4 Å². The van der Waals surface area contributed by atoms with Crippen molar-refractivity contribution in [1.82, 2.24) is 4.72 Å². The van der Waals surface area contributed by atoms with Gasteiger partial charge in [0.15, 0.2) is 9.84 Å². The fourth-order valence-corrected chi connectivity index (χ4v) is 4.48. The smallest absolute Gasteiger partial charge is 0.337 e. The minimum absolute atomic E-state index is 0.173. The summed E-state index contributed by atoms with van der Waals surface area (Å²) in [5.41, 5.74) is 1.51. The van der Waals surface area contributed by atoms with Gasteiger partial charge in [-0.25, -0.2) is 26.4 Å². The summed E-state index contributed by atoms with van der Waals surface area (Å²) in [6.07, 6.45) is 1.11. The van der Waals surface area contributed by atoms with Crippen molar-refractivity contribution < 1.29 is 26.4 Å². The minimum atomic E-state index is -3.64. The van der Waals surface area contributed by atoms with E-state index in [9.17, 15) is 21.6 Å². The predicted molar refractivity (Wildman–Crippen MR) is 102 cm³/mol. The summed E-state index contributed by atoms with van der Waals surface area (Å²) < 4.78 is 54.9. The van der Waals surface area contributed by atoms with Crippen LogP contribution in [0.25, 0.3) is 0 Å². The second kappa shape index (κ2) is 8.20. The van der Waals surface area contributed by atoms with Crippen molar-refractivity contribution in [2.45, 2.75) is 23.6 Å². The van der Waals surface area contributed by atoms with Crippen molar-refractivity contribution in [1.29, 1.82) is 0 Å². The van der Waals surface area contributed by atoms with E-state index in [2.05, 4.69) is 9.46 Å². The van der Waals surface area contributed by atoms with E-state index in [1.807, 2.05) is 0 Å². The Balaban J connectivity index is 2.08. The van der Waals surface area contributed by atoms with Gasteiger partial charge in [-0.2, -0.15) is 0 Å². The Morgan fingerprint density at radius 1 is 1.00 bits per heavy atom. The molecular weight excluding hydrogens is 390 g/mol. The van der Waals surface area contributed by atoms with E-state index in [1.165, 1.54) is 31.4 Å². The van der Waals surface area contributed by atoms with Crippen molar-refractivity contribution in [3.8, 4) is 0 Å². The highest BCUT2D eigenvalue weighted by molar-refractivity contribution is 7.90. The first-order valence-corrected chi connectivity index (χ1v) is 11.5. The fraction of sp³-hybridized carbons (Fsp3) is 0.278. The van der Waals surface area contributed by atoms with Crippen molar-refractivity contribution in [3.05, 3.63) is 65.2 Å². The number of rotatable bonds is 7. The number of carbonyl (C=O) groups is 1. The number of nitrogens with one attached hydrogen (secondary N) is 1. The lowest BCUT2D eigenvalue weighted by Gasteiger charge is -2.15. The van der Waals surface area contributed by atoms with Gasteiger partial charge in [-0.15, -0.1) is 0 Å². The van der Waals surface area contributed by atoms with Crippen LogP contribution >= 0.6 is 0 Å². The molecule has 0 aromatic heterocycles. The molecule has 0 aliphatic rings. The average Bonchev–Trinajstić information content (AvgIpc) is 2.60. The highest BCUT2D eigenvalue weighted by Gasteiger charge is 2.18. The van der Waals surface area contributed by atoms with Gasteiger partial charge in [0.25, 0.3) is 0 Å². The number of hydrogen-bond acceptors (Lipinski definition) is 6. The molecule has 0 heterocycles. The summed E-state index contributed by atoms with van der Waals surface area (Å²) in [5, 5.41) is 0. The minimum Gasteiger partial charge on any atom is -0.465 e. The van der Waals surface area contributed by atoms with Crippen LogP contribution in [-0.2, 0) is 30.4 Å². The van der Waals surface area contributed by atoms with Gasteiger partial charge in [0, 0.05) is 12.3 Å². The Hall–Kier alpha value is -2.23. The van der Waals surface area contributed by atoms with Gasteiger partial charge >= 0.3 is 5.97 Å². The molecule has 2 rings (SSSR count). The summed E-state index contributed by atoms with van der Waals surface area (Å²) in [5.74, 6) is -0.742. The Kier molecular flexibility index (Phi) is 6.40. The zero-order valence-electron chi connectivity index (χ0n) is 15.2. The standard InChI is InChI=1S/C18H21NO6S2/c1-13(15-8-10-17(11-9-15)26(3,21)22)19-27(23,24)12-14-4-6-16(7-5-14)18(20)25-2/h4-11,13,19H,12H2,1-3H3/t13-/m0/s1. The molecule has 2 aromatic rings. The lowest BCUT2D eigenvalue weighted by molar-refractivity contribution is 0.0600. The number of carbonyl (C=O) groups excluding carboxylic acids is 1. The van der Waals surface area contributed by atoms with Gasteiger partial charge in [-0.05, 0) is 42.3 Å². The van der Waals surface area contributed by atoms with Crippen LogP contribution in [0.5, 0.6) is 0 Å². The molecule has 0 amide bonds. The van der Waals surface area contributed by atoms with E-state index in [0.29, 0.717) is 16.7 Å². The Bertz CT molecular complexity index is 1010. The first kappa shape index (κ1) is 21.1. The molecule has 0 aliphatic carbocycles. The molecule has 146 valence electrons. The molecule has 9 heteroatoms. The molecule has 0 bridgehead atoms. The van der Waals surface area contributed by atoms with E-state index < -0.39 is 31.9 Å². The van der Waals surface area contributed by atoms with Gasteiger partial charge in [0.2, 0.25) is 10.0 Å². The fourth-order valence-electron chi connectivity index (χ4n) is 2.46. The first-order valence-electron chi connectivity index (χ1n) is 7.99. The maximum atomic E-state index is 12.4. The van der Waals surface area contributed by atoms with Gasteiger partial charge in [0.1, 0.15) is 0 Å². The van der Waals surface area contributed by atoms with Crippen LogP contribution < -0.4 is 4.72 Å². The number of sulfonamides is 1. The first-order chi connectivity index (χ1) is 12.5. The molecule has 0 saturated carbocycles. The zero-order chi connectivity index (χ0) is 20.2. The topological polar surface area (TPSA) is 107 Å². The molecule has 2 aromatic carbocycles. The molecule has 0 fully saturated rings. The molecular formula is C18H21NO6S2. The molecule has 0 saturated heterocycles. The van der Waals surface area contributed by atoms with Crippen LogP contribution in [-0.4, -0.2) is 36.2 Å². The summed E-state index contributed by atoms with van der Waals surface area (Å²) in [4.78, 5) is 11.6.